The Labute approximate surface area is 215 Å². The van der Waals surface area contributed by atoms with Crippen molar-refractivity contribution in [1.82, 2.24) is 20.4 Å². The van der Waals surface area contributed by atoms with Crippen molar-refractivity contribution in [3.8, 4) is 0 Å². The molecule has 0 spiro atoms. The van der Waals surface area contributed by atoms with Gasteiger partial charge in [0.1, 0.15) is 0 Å². The lowest BCUT2D eigenvalue weighted by atomic mass is 10.1. The molecule has 0 radical (unpaired) electrons. The third-order valence-electron chi connectivity index (χ3n) is 6.48. The third-order valence-corrected chi connectivity index (χ3v) is 6.48. The molecule has 2 N–H and O–H groups in total. The van der Waals surface area contributed by atoms with Gasteiger partial charge in [-0.05, 0) is 28.7 Å². The highest BCUT2D eigenvalue weighted by Crippen LogP contribution is 2.10. The zero-order valence-electron chi connectivity index (χ0n) is 21.1. The predicted octanol–water partition coefficient (Wildman–Crippen LogP) is 4.41. The third kappa shape index (κ3) is 8.79. The molecule has 6 heteroatoms. The van der Waals surface area contributed by atoms with Gasteiger partial charge in [0.25, 0.3) is 0 Å². The van der Waals surface area contributed by atoms with Crippen molar-refractivity contribution >= 4 is 6.03 Å². The summed E-state index contributed by atoms with van der Waals surface area (Å²) in [5, 5.41) is 6.61. The summed E-state index contributed by atoms with van der Waals surface area (Å²) in [6.45, 7) is 8.04. The minimum atomic E-state index is -0.0190. The smallest absolute Gasteiger partial charge is 0.317 e. The van der Waals surface area contributed by atoms with Gasteiger partial charge < -0.3 is 20.3 Å². The molecule has 36 heavy (non-hydrogen) atoms. The number of amides is 2. The molecule has 1 heterocycles. The number of benzene rings is 3. The number of hydrogen-bond acceptors (Lipinski definition) is 4. The Morgan fingerprint density at radius 2 is 1.31 bits per heavy atom. The van der Waals surface area contributed by atoms with Gasteiger partial charge in [0.2, 0.25) is 0 Å². The van der Waals surface area contributed by atoms with Crippen LogP contribution in [0.25, 0.3) is 0 Å². The van der Waals surface area contributed by atoms with E-state index in [1.54, 1.807) is 0 Å². The molecule has 3 aromatic carbocycles. The molecule has 0 bridgehead atoms. The van der Waals surface area contributed by atoms with Crippen LogP contribution in [-0.4, -0.2) is 55.2 Å². The van der Waals surface area contributed by atoms with Crippen LogP contribution in [0, 0.1) is 0 Å². The van der Waals surface area contributed by atoms with E-state index in [2.05, 4.69) is 64.1 Å². The summed E-state index contributed by atoms with van der Waals surface area (Å²) in [6, 6.07) is 29.0. The van der Waals surface area contributed by atoms with Gasteiger partial charge in [0.05, 0.1) is 13.2 Å². The molecule has 4 rings (SSSR count). The van der Waals surface area contributed by atoms with E-state index in [9.17, 15) is 4.79 Å². The SMILES string of the molecule is O=C(NCc1ccccc1)N(CCCN1CCOCC1)Cc1ccc(CNCc2ccccc2)cc1. The van der Waals surface area contributed by atoms with Gasteiger partial charge in [-0.15, -0.1) is 0 Å². The van der Waals surface area contributed by atoms with Crippen molar-refractivity contribution in [3.05, 3.63) is 107 Å². The summed E-state index contributed by atoms with van der Waals surface area (Å²) in [7, 11) is 0. The number of carbonyl (C=O) groups is 1. The Morgan fingerprint density at radius 1 is 0.750 bits per heavy atom. The molecule has 0 atom stereocenters. The number of ether oxygens (including phenoxy) is 1. The lowest BCUT2D eigenvalue weighted by molar-refractivity contribution is 0.0364. The van der Waals surface area contributed by atoms with Gasteiger partial charge in [-0.25, -0.2) is 4.79 Å². The standard InChI is InChI=1S/C30H38N4O2/c35-30(32-24-27-10-5-2-6-11-27)34(17-7-16-33-18-20-36-21-19-33)25-29-14-12-28(13-15-29)23-31-22-26-8-3-1-4-9-26/h1-6,8-15,31H,7,16-25H2,(H,32,35). The molecule has 3 aromatic rings. The fourth-order valence-electron chi connectivity index (χ4n) is 4.38. The second kappa shape index (κ2) is 14.4. The highest BCUT2D eigenvalue weighted by molar-refractivity contribution is 5.74. The Kier molecular flexibility index (Phi) is 10.3. The highest BCUT2D eigenvalue weighted by Gasteiger charge is 2.16. The second-order valence-electron chi connectivity index (χ2n) is 9.28. The first-order chi connectivity index (χ1) is 17.8. The molecule has 2 amide bonds. The van der Waals surface area contributed by atoms with E-state index in [1.807, 2.05) is 41.3 Å². The van der Waals surface area contributed by atoms with Crippen LogP contribution in [0.3, 0.4) is 0 Å². The molecule has 0 unspecified atom stereocenters. The number of carbonyl (C=O) groups excluding carboxylic acids is 1. The minimum absolute atomic E-state index is 0.0190. The molecule has 190 valence electrons. The first-order valence-corrected chi connectivity index (χ1v) is 13.0. The van der Waals surface area contributed by atoms with Crippen LogP contribution in [0.15, 0.2) is 84.9 Å². The summed E-state index contributed by atoms with van der Waals surface area (Å²) in [5.41, 5.74) is 4.76. The second-order valence-corrected chi connectivity index (χ2v) is 9.28. The number of nitrogens with zero attached hydrogens (tertiary/aromatic N) is 2. The van der Waals surface area contributed by atoms with Crippen molar-refractivity contribution in [2.45, 2.75) is 32.6 Å². The average molecular weight is 487 g/mol. The van der Waals surface area contributed by atoms with Gasteiger partial charge in [-0.2, -0.15) is 0 Å². The number of urea groups is 1. The Bertz CT molecular complexity index is 1020. The normalized spacial score (nSPS) is 13.9. The first kappa shape index (κ1) is 25.9. The van der Waals surface area contributed by atoms with Crippen molar-refractivity contribution in [3.63, 3.8) is 0 Å². The van der Waals surface area contributed by atoms with Crippen LogP contribution in [0.1, 0.15) is 28.7 Å². The lowest BCUT2D eigenvalue weighted by Gasteiger charge is -2.28. The molecule has 1 aliphatic heterocycles. The quantitative estimate of drug-likeness (QED) is 0.398. The summed E-state index contributed by atoms with van der Waals surface area (Å²) >= 11 is 0. The molecule has 0 saturated carbocycles. The van der Waals surface area contributed by atoms with Gasteiger partial charge in [-0.1, -0.05) is 84.9 Å². The van der Waals surface area contributed by atoms with Crippen molar-refractivity contribution in [2.75, 3.05) is 39.4 Å². The lowest BCUT2D eigenvalue weighted by Crippen LogP contribution is -2.42. The number of rotatable bonds is 12. The van der Waals surface area contributed by atoms with Crippen LogP contribution < -0.4 is 10.6 Å². The maximum atomic E-state index is 13.1. The molecule has 1 aliphatic rings. The van der Waals surface area contributed by atoms with E-state index < -0.39 is 0 Å². The molecule has 1 fully saturated rings. The van der Waals surface area contributed by atoms with Crippen molar-refractivity contribution in [1.29, 1.82) is 0 Å². The fraction of sp³-hybridized carbons (Fsp3) is 0.367. The van der Waals surface area contributed by atoms with Crippen LogP contribution in [0.2, 0.25) is 0 Å². The molecule has 1 saturated heterocycles. The minimum Gasteiger partial charge on any atom is -0.379 e. The highest BCUT2D eigenvalue weighted by atomic mass is 16.5. The molecule has 6 nitrogen and oxygen atoms in total. The number of hydrogen-bond donors (Lipinski definition) is 2. The van der Waals surface area contributed by atoms with E-state index >= 15 is 0 Å². The largest absolute Gasteiger partial charge is 0.379 e. The van der Waals surface area contributed by atoms with Crippen LogP contribution in [0.4, 0.5) is 4.79 Å². The van der Waals surface area contributed by atoms with Crippen molar-refractivity contribution in [2.24, 2.45) is 0 Å². The maximum absolute atomic E-state index is 13.1. The van der Waals surface area contributed by atoms with Crippen LogP contribution in [0.5, 0.6) is 0 Å². The van der Waals surface area contributed by atoms with E-state index in [-0.39, 0.29) is 6.03 Å². The zero-order chi connectivity index (χ0) is 24.8. The fourth-order valence-corrected chi connectivity index (χ4v) is 4.38. The zero-order valence-corrected chi connectivity index (χ0v) is 21.1. The number of morpholine rings is 1. The van der Waals surface area contributed by atoms with Gasteiger partial charge in [-0.3, -0.25) is 4.90 Å². The topological polar surface area (TPSA) is 56.8 Å². The summed E-state index contributed by atoms with van der Waals surface area (Å²) in [4.78, 5) is 17.5. The van der Waals surface area contributed by atoms with Crippen LogP contribution in [-0.2, 0) is 30.9 Å². The van der Waals surface area contributed by atoms with Gasteiger partial charge >= 0.3 is 6.03 Å². The molecule has 0 aromatic heterocycles. The van der Waals surface area contributed by atoms with E-state index in [1.165, 1.54) is 11.1 Å². The van der Waals surface area contributed by atoms with Gasteiger partial charge in [0, 0.05) is 52.4 Å². The summed E-state index contributed by atoms with van der Waals surface area (Å²) in [5.74, 6) is 0. The Balaban J connectivity index is 1.29. The summed E-state index contributed by atoms with van der Waals surface area (Å²) < 4.78 is 5.45. The molecule has 0 aliphatic carbocycles. The number of nitrogens with one attached hydrogen (secondary N) is 2. The first-order valence-electron chi connectivity index (χ1n) is 13.0. The van der Waals surface area contributed by atoms with Gasteiger partial charge in [0.15, 0.2) is 0 Å². The molecular formula is C30H38N4O2. The molecular weight excluding hydrogens is 448 g/mol. The van der Waals surface area contributed by atoms with E-state index in [0.717, 1.165) is 70.0 Å². The maximum Gasteiger partial charge on any atom is 0.317 e. The van der Waals surface area contributed by atoms with E-state index in [0.29, 0.717) is 13.1 Å². The monoisotopic (exact) mass is 486 g/mol. The Morgan fingerprint density at radius 3 is 1.94 bits per heavy atom. The summed E-state index contributed by atoms with van der Waals surface area (Å²) in [6.07, 6.45) is 0.945. The van der Waals surface area contributed by atoms with Crippen LogP contribution >= 0.6 is 0 Å². The van der Waals surface area contributed by atoms with E-state index in [4.69, 9.17) is 4.74 Å². The predicted molar refractivity (Wildman–Crippen MR) is 144 cm³/mol. The van der Waals surface area contributed by atoms with Crippen molar-refractivity contribution < 1.29 is 9.53 Å². The average Bonchev–Trinajstić information content (AvgIpc) is 2.94. The Hall–Kier alpha value is -3.19.